The van der Waals surface area contributed by atoms with E-state index in [0.717, 1.165) is 47.3 Å². The quantitative estimate of drug-likeness (QED) is 0.412. The molecular formula is C24H36N2O8. The monoisotopic (exact) mass is 480 g/mol. The minimum atomic E-state index is -0.833. The van der Waals surface area contributed by atoms with Crippen LogP contribution in [0.2, 0.25) is 0 Å². The van der Waals surface area contributed by atoms with Crippen LogP contribution in [0.15, 0.2) is 60.7 Å². The maximum atomic E-state index is 9.00. The van der Waals surface area contributed by atoms with E-state index >= 15 is 0 Å². The molecule has 10 heteroatoms. The van der Waals surface area contributed by atoms with E-state index in [4.69, 9.17) is 45.3 Å². The summed E-state index contributed by atoms with van der Waals surface area (Å²) in [6, 6.07) is 21.1. The molecule has 0 aliphatic rings. The zero-order valence-corrected chi connectivity index (χ0v) is 20.0. The molecule has 0 amide bonds. The number of carboxylic acids is 4. The lowest BCUT2D eigenvalue weighted by molar-refractivity contribution is -0.135. The van der Waals surface area contributed by atoms with E-state index in [1.807, 2.05) is 12.1 Å². The van der Waals surface area contributed by atoms with Gasteiger partial charge in [-0.1, -0.05) is 60.7 Å². The Labute approximate surface area is 200 Å². The first kappa shape index (κ1) is 34.8. The van der Waals surface area contributed by atoms with Gasteiger partial charge >= 0.3 is 0 Å². The van der Waals surface area contributed by atoms with Gasteiger partial charge in [0.15, 0.2) is 0 Å². The topological polar surface area (TPSA) is 178 Å². The van der Waals surface area contributed by atoms with Crippen molar-refractivity contribution in [1.29, 1.82) is 0 Å². The van der Waals surface area contributed by atoms with E-state index in [2.05, 4.69) is 53.4 Å². The van der Waals surface area contributed by atoms with Crippen LogP contribution in [0.4, 0.5) is 0 Å². The zero-order valence-electron chi connectivity index (χ0n) is 20.0. The maximum Gasteiger partial charge on any atom is 0.300 e. The fourth-order valence-electron chi connectivity index (χ4n) is 2.08. The molecule has 34 heavy (non-hydrogen) atoms. The Bertz CT molecular complexity index is 694. The standard InChI is InChI=1S/C16H20N2.4C2H4O2/c17-11-12-18(13-15-7-3-1-4-8-15)14-16-9-5-2-6-10-16;4*1-2(3)4/h1-10H,11-14,17H2;4*1H3,(H,3,4). The van der Waals surface area contributed by atoms with Crippen molar-refractivity contribution in [3.63, 3.8) is 0 Å². The zero-order chi connectivity index (χ0) is 26.9. The van der Waals surface area contributed by atoms with Crippen LogP contribution in [0.25, 0.3) is 0 Å². The van der Waals surface area contributed by atoms with Gasteiger partial charge in [0.1, 0.15) is 0 Å². The summed E-state index contributed by atoms with van der Waals surface area (Å²) in [4.78, 5) is 38.4. The van der Waals surface area contributed by atoms with Crippen molar-refractivity contribution in [2.75, 3.05) is 13.1 Å². The summed E-state index contributed by atoms with van der Waals surface area (Å²) in [5.41, 5.74) is 8.37. The van der Waals surface area contributed by atoms with Crippen molar-refractivity contribution in [2.24, 2.45) is 5.73 Å². The molecule has 0 saturated heterocycles. The van der Waals surface area contributed by atoms with Crippen molar-refractivity contribution < 1.29 is 39.6 Å². The van der Waals surface area contributed by atoms with Crippen molar-refractivity contribution in [3.05, 3.63) is 71.8 Å². The molecule has 0 bridgehead atoms. The molecule has 2 aromatic carbocycles. The lowest BCUT2D eigenvalue weighted by Gasteiger charge is -2.21. The van der Waals surface area contributed by atoms with E-state index in [1.165, 1.54) is 11.1 Å². The van der Waals surface area contributed by atoms with Gasteiger partial charge in [0.25, 0.3) is 23.9 Å². The highest BCUT2D eigenvalue weighted by Crippen LogP contribution is 2.09. The van der Waals surface area contributed by atoms with Crippen molar-refractivity contribution >= 4 is 23.9 Å². The van der Waals surface area contributed by atoms with Crippen molar-refractivity contribution in [1.82, 2.24) is 4.90 Å². The van der Waals surface area contributed by atoms with Gasteiger partial charge in [0, 0.05) is 53.9 Å². The normalized spacial score (nSPS) is 8.65. The smallest absolute Gasteiger partial charge is 0.300 e. The summed E-state index contributed by atoms with van der Waals surface area (Å²) in [5, 5.41) is 29.7. The Balaban J connectivity index is -0.000000492. The first-order valence-electron chi connectivity index (χ1n) is 10.1. The summed E-state index contributed by atoms with van der Waals surface area (Å²) in [6.07, 6.45) is 0. The number of carboxylic acid groups (broad SMARTS) is 4. The van der Waals surface area contributed by atoms with Crippen LogP contribution in [0, 0.1) is 0 Å². The number of hydrogen-bond donors (Lipinski definition) is 5. The molecule has 190 valence electrons. The van der Waals surface area contributed by atoms with E-state index in [-0.39, 0.29) is 0 Å². The molecule has 0 saturated carbocycles. The molecule has 0 aliphatic carbocycles. The third-order valence-electron chi connectivity index (χ3n) is 2.94. The minimum Gasteiger partial charge on any atom is -0.481 e. The van der Waals surface area contributed by atoms with E-state index in [0.29, 0.717) is 6.54 Å². The van der Waals surface area contributed by atoms with Gasteiger partial charge in [-0.2, -0.15) is 0 Å². The second kappa shape index (κ2) is 23.9. The SMILES string of the molecule is CC(=O)O.CC(=O)O.CC(=O)O.CC(=O)O.NCCN(Cc1ccccc1)Cc1ccccc1. The van der Waals surface area contributed by atoms with Crippen LogP contribution in [0.1, 0.15) is 38.8 Å². The molecular weight excluding hydrogens is 444 g/mol. The molecule has 0 aliphatic heterocycles. The van der Waals surface area contributed by atoms with Crippen LogP contribution in [-0.4, -0.2) is 62.3 Å². The van der Waals surface area contributed by atoms with Crippen LogP contribution in [0.3, 0.4) is 0 Å². The molecule has 0 spiro atoms. The average molecular weight is 481 g/mol. The Morgan fingerprint density at radius 2 is 0.853 bits per heavy atom. The van der Waals surface area contributed by atoms with E-state index in [1.54, 1.807) is 0 Å². The van der Waals surface area contributed by atoms with Gasteiger partial charge in [0.2, 0.25) is 0 Å². The summed E-state index contributed by atoms with van der Waals surface area (Å²) < 4.78 is 0. The predicted molar refractivity (Wildman–Crippen MR) is 129 cm³/mol. The van der Waals surface area contributed by atoms with E-state index in [9.17, 15) is 0 Å². The average Bonchev–Trinajstić information content (AvgIpc) is 2.68. The van der Waals surface area contributed by atoms with Crippen molar-refractivity contribution in [3.8, 4) is 0 Å². The Kier molecular flexibility index (Phi) is 24.5. The summed E-state index contributed by atoms with van der Waals surface area (Å²) in [6.45, 7) is 7.85. The third-order valence-corrected chi connectivity index (χ3v) is 2.94. The number of aliphatic carboxylic acids is 4. The second-order valence-electron chi connectivity index (χ2n) is 6.55. The summed E-state index contributed by atoms with van der Waals surface area (Å²) in [7, 11) is 0. The van der Waals surface area contributed by atoms with Gasteiger partial charge in [0.05, 0.1) is 0 Å². The summed E-state index contributed by atoms with van der Waals surface area (Å²) in [5.74, 6) is -3.33. The molecule has 0 heterocycles. The first-order valence-corrected chi connectivity index (χ1v) is 10.1. The Morgan fingerprint density at radius 1 is 0.618 bits per heavy atom. The van der Waals surface area contributed by atoms with Crippen LogP contribution in [0.5, 0.6) is 0 Å². The fraction of sp³-hybridized carbons (Fsp3) is 0.333. The molecule has 6 N–H and O–H groups in total. The lowest BCUT2D eigenvalue weighted by Crippen LogP contribution is -2.28. The highest BCUT2D eigenvalue weighted by Gasteiger charge is 2.05. The fourth-order valence-corrected chi connectivity index (χ4v) is 2.08. The Morgan fingerprint density at radius 3 is 1.06 bits per heavy atom. The van der Waals surface area contributed by atoms with Crippen LogP contribution in [-0.2, 0) is 32.3 Å². The lowest BCUT2D eigenvalue weighted by atomic mass is 10.1. The van der Waals surface area contributed by atoms with Crippen molar-refractivity contribution in [2.45, 2.75) is 40.8 Å². The molecule has 0 aromatic heterocycles. The third kappa shape index (κ3) is 38.8. The van der Waals surface area contributed by atoms with Gasteiger partial charge in [-0.05, 0) is 11.1 Å². The highest BCUT2D eigenvalue weighted by molar-refractivity contribution is 5.63. The number of benzene rings is 2. The number of nitrogens with zero attached hydrogens (tertiary/aromatic N) is 1. The molecule has 0 fully saturated rings. The van der Waals surface area contributed by atoms with E-state index < -0.39 is 23.9 Å². The maximum absolute atomic E-state index is 9.00. The van der Waals surface area contributed by atoms with Gasteiger partial charge in [-0.25, -0.2) is 0 Å². The Hall–Kier alpha value is -3.76. The molecule has 2 rings (SSSR count). The van der Waals surface area contributed by atoms with Gasteiger partial charge in [-0.3, -0.25) is 24.1 Å². The molecule has 2 aromatic rings. The number of carbonyl (C=O) groups is 4. The predicted octanol–water partition coefficient (Wildman–Crippen LogP) is 3.01. The van der Waals surface area contributed by atoms with Crippen LogP contribution < -0.4 is 5.73 Å². The van der Waals surface area contributed by atoms with Gasteiger partial charge < -0.3 is 26.2 Å². The molecule has 10 nitrogen and oxygen atoms in total. The molecule has 0 atom stereocenters. The summed E-state index contributed by atoms with van der Waals surface area (Å²) >= 11 is 0. The number of rotatable bonds is 6. The number of hydrogen-bond acceptors (Lipinski definition) is 6. The van der Waals surface area contributed by atoms with Crippen LogP contribution >= 0.6 is 0 Å². The first-order chi connectivity index (χ1) is 15.8. The minimum absolute atomic E-state index is 0.694. The van der Waals surface area contributed by atoms with Gasteiger partial charge in [-0.15, -0.1) is 0 Å². The second-order valence-corrected chi connectivity index (χ2v) is 6.55. The largest absolute Gasteiger partial charge is 0.481 e. The molecule has 0 unspecified atom stereocenters. The highest BCUT2D eigenvalue weighted by atomic mass is 16.4. The molecule has 0 radical (unpaired) electrons. The number of nitrogens with two attached hydrogens (primary N) is 1.